The predicted octanol–water partition coefficient (Wildman–Crippen LogP) is 2.72. The Labute approximate surface area is 128 Å². The fraction of sp³-hybridized carbons (Fsp3) is 0.0833. The number of benzene rings is 1. The molecule has 1 aromatic heterocycles. The second kappa shape index (κ2) is 5.49. The van der Waals surface area contributed by atoms with E-state index in [0.717, 1.165) is 6.07 Å². The van der Waals surface area contributed by atoms with Crippen LogP contribution < -0.4 is 4.72 Å². The molecule has 2 rings (SSSR count). The van der Waals surface area contributed by atoms with E-state index in [0.29, 0.717) is 5.69 Å². The highest BCUT2D eigenvalue weighted by molar-refractivity contribution is 9.10. The Kier molecular flexibility index (Phi) is 4.06. The average molecular weight is 377 g/mol. The van der Waals surface area contributed by atoms with Crippen LogP contribution >= 0.6 is 15.9 Å². The first-order valence-electron chi connectivity index (χ1n) is 5.61. The number of anilines is 1. The number of rotatable bonds is 4. The van der Waals surface area contributed by atoms with Crippen molar-refractivity contribution in [1.29, 1.82) is 0 Å². The van der Waals surface area contributed by atoms with Gasteiger partial charge in [-0.3, -0.25) is 4.72 Å². The third kappa shape index (κ3) is 3.08. The Morgan fingerprint density at radius 3 is 2.67 bits per heavy atom. The van der Waals surface area contributed by atoms with Gasteiger partial charge in [-0.25, -0.2) is 17.6 Å². The predicted molar refractivity (Wildman–Crippen MR) is 77.4 cm³/mol. The first kappa shape index (κ1) is 15.5. The molecule has 1 aromatic carbocycles. The Hall–Kier alpha value is -1.87. The van der Waals surface area contributed by atoms with E-state index in [4.69, 9.17) is 5.11 Å². The molecule has 0 saturated carbocycles. The van der Waals surface area contributed by atoms with Crippen LogP contribution in [0.25, 0.3) is 0 Å². The molecular formula is C12H10BrFN2O4S. The number of aryl methyl sites for hydroxylation is 1. The molecule has 0 atom stereocenters. The van der Waals surface area contributed by atoms with Crippen LogP contribution in [0.3, 0.4) is 0 Å². The lowest BCUT2D eigenvalue weighted by Crippen LogP contribution is -2.15. The molecule has 112 valence electrons. The second-order valence-corrected chi connectivity index (χ2v) is 6.73. The summed E-state index contributed by atoms with van der Waals surface area (Å²) >= 11 is 2.92. The number of carbonyl (C=O) groups is 1. The van der Waals surface area contributed by atoms with Gasteiger partial charge in [-0.2, -0.15) is 0 Å². The number of nitrogens with one attached hydrogen (secondary N) is 2. The number of aromatic nitrogens is 1. The van der Waals surface area contributed by atoms with Crippen molar-refractivity contribution in [3.05, 3.63) is 45.9 Å². The van der Waals surface area contributed by atoms with Crippen molar-refractivity contribution >= 4 is 37.6 Å². The van der Waals surface area contributed by atoms with Gasteiger partial charge in [0.1, 0.15) is 11.4 Å². The number of H-pyrrole nitrogens is 1. The van der Waals surface area contributed by atoms with Crippen LogP contribution in [0.15, 0.2) is 33.8 Å². The maximum Gasteiger partial charge on any atom is 0.339 e. The van der Waals surface area contributed by atoms with Crippen LogP contribution in [0.5, 0.6) is 0 Å². The summed E-state index contributed by atoms with van der Waals surface area (Å²) < 4.78 is 40.0. The molecule has 9 heteroatoms. The van der Waals surface area contributed by atoms with Gasteiger partial charge in [0.05, 0.1) is 15.1 Å². The van der Waals surface area contributed by atoms with Gasteiger partial charge in [-0.15, -0.1) is 0 Å². The van der Waals surface area contributed by atoms with E-state index in [1.165, 1.54) is 25.3 Å². The highest BCUT2D eigenvalue weighted by atomic mass is 79.9. The summed E-state index contributed by atoms with van der Waals surface area (Å²) in [5.74, 6) is -2.00. The van der Waals surface area contributed by atoms with E-state index in [1.807, 2.05) is 0 Å². The molecule has 0 aliphatic rings. The Morgan fingerprint density at radius 2 is 2.10 bits per heavy atom. The number of aromatic amines is 1. The lowest BCUT2D eigenvalue weighted by Gasteiger charge is -2.08. The van der Waals surface area contributed by atoms with Gasteiger partial charge in [0.15, 0.2) is 0 Å². The Bertz CT molecular complexity index is 817. The standard InChI is InChI=1S/C12H10BrFN2O4S/c1-6-11(12(17)18)10(5-15-6)16-21(19,20)7-2-3-8(13)9(14)4-7/h2-5,15-16H,1H3,(H,17,18). The van der Waals surface area contributed by atoms with E-state index in [2.05, 4.69) is 25.6 Å². The second-order valence-electron chi connectivity index (χ2n) is 4.19. The van der Waals surface area contributed by atoms with Crippen molar-refractivity contribution in [3.8, 4) is 0 Å². The molecule has 0 aliphatic carbocycles. The van der Waals surface area contributed by atoms with Crippen molar-refractivity contribution < 1.29 is 22.7 Å². The number of hydrogen-bond donors (Lipinski definition) is 3. The first-order chi connectivity index (χ1) is 9.72. The van der Waals surface area contributed by atoms with E-state index in [-0.39, 0.29) is 20.6 Å². The summed E-state index contributed by atoms with van der Waals surface area (Å²) in [5, 5.41) is 9.06. The van der Waals surface area contributed by atoms with Gasteiger partial charge < -0.3 is 10.1 Å². The molecule has 0 bridgehead atoms. The number of hydrogen-bond acceptors (Lipinski definition) is 3. The van der Waals surface area contributed by atoms with Gasteiger partial charge in [-0.1, -0.05) is 0 Å². The fourth-order valence-electron chi connectivity index (χ4n) is 1.73. The molecule has 1 heterocycles. The number of carboxylic acid groups (broad SMARTS) is 1. The quantitative estimate of drug-likeness (QED) is 0.763. The SMILES string of the molecule is Cc1[nH]cc(NS(=O)(=O)c2ccc(Br)c(F)c2)c1C(=O)O. The Morgan fingerprint density at radius 1 is 1.43 bits per heavy atom. The van der Waals surface area contributed by atoms with Crippen molar-refractivity contribution in [3.63, 3.8) is 0 Å². The zero-order chi connectivity index (χ0) is 15.8. The van der Waals surface area contributed by atoms with Crippen LogP contribution in [-0.4, -0.2) is 24.5 Å². The summed E-state index contributed by atoms with van der Waals surface area (Å²) in [6.07, 6.45) is 1.23. The minimum absolute atomic E-state index is 0.108. The average Bonchev–Trinajstić information content (AvgIpc) is 2.73. The lowest BCUT2D eigenvalue weighted by atomic mass is 10.2. The smallest absolute Gasteiger partial charge is 0.339 e. The molecular weight excluding hydrogens is 367 g/mol. The van der Waals surface area contributed by atoms with Gasteiger partial charge in [0.2, 0.25) is 0 Å². The van der Waals surface area contributed by atoms with Crippen LogP contribution in [0.2, 0.25) is 0 Å². The number of halogens is 2. The van der Waals surface area contributed by atoms with E-state index < -0.39 is 21.8 Å². The molecule has 0 amide bonds. The topological polar surface area (TPSA) is 99.3 Å². The highest BCUT2D eigenvalue weighted by Gasteiger charge is 2.22. The molecule has 0 aliphatic heterocycles. The van der Waals surface area contributed by atoms with Gasteiger partial charge in [0, 0.05) is 11.9 Å². The van der Waals surface area contributed by atoms with Crippen molar-refractivity contribution in [2.75, 3.05) is 4.72 Å². The van der Waals surface area contributed by atoms with Crippen LogP contribution in [0.1, 0.15) is 16.1 Å². The maximum atomic E-state index is 13.4. The largest absolute Gasteiger partial charge is 0.478 e. The molecule has 0 unspecified atom stereocenters. The lowest BCUT2D eigenvalue weighted by molar-refractivity contribution is 0.0697. The molecule has 6 nitrogen and oxygen atoms in total. The van der Waals surface area contributed by atoms with Gasteiger partial charge in [0.25, 0.3) is 10.0 Å². The van der Waals surface area contributed by atoms with Crippen LogP contribution in [0.4, 0.5) is 10.1 Å². The molecule has 21 heavy (non-hydrogen) atoms. The molecule has 0 saturated heterocycles. The minimum atomic E-state index is -4.09. The van der Waals surface area contributed by atoms with E-state index in [1.54, 1.807) is 0 Å². The van der Waals surface area contributed by atoms with Crippen molar-refractivity contribution in [2.24, 2.45) is 0 Å². The van der Waals surface area contributed by atoms with Gasteiger partial charge >= 0.3 is 5.97 Å². The third-order valence-corrected chi connectivity index (χ3v) is 4.74. The molecule has 0 fully saturated rings. The third-order valence-electron chi connectivity index (χ3n) is 2.74. The molecule has 0 radical (unpaired) electrons. The summed E-state index contributed by atoms with van der Waals surface area (Å²) in [4.78, 5) is 13.4. The summed E-state index contributed by atoms with van der Waals surface area (Å²) in [5.41, 5.74) is 0.0154. The van der Waals surface area contributed by atoms with E-state index >= 15 is 0 Å². The van der Waals surface area contributed by atoms with Crippen LogP contribution in [0, 0.1) is 12.7 Å². The summed E-state index contributed by atoms with van der Waals surface area (Å²) in [7, 11) is -4.09. The van der Waals surface area contributed by atoms with E-state index in [9.17, 15) is 17.6 Å². The monoisotopic (exact) mass is 376 g/mol. The summed E-state index contributed by atoms with van der Waals surface area (Å²) in [6, 6.07) is 3.30. The minimum Gasteiger partial charge on any atom is -0.478 e. The van der Waals surface area contributed by atoms with Crippen molar-refractivity contribution in [2.45, 2.75) is 11.8 Å². The number of carboxylic acids is 1. The number of aromatic carboxylic acids is 1. The van der Waals surface area contributed by atoms with Gasteiger partial charge in [-0.05, 0) is 41.1 Å². The van der Waals surface area contributed by atoms with Crippen LogP contribution in [-0.2, 0) is 10.0 Å². The summed E-state index contributed by atoms with van der Waals surface area (Å²) in [6.45, 7) is 1.50. The first-order valence-corrected chi connectivity index (χ1v) is 7.89. The fourth-order valence-corrected chi connectivity index (χ4v) is 3.05. The van der Waals surface area contributed by atoms with Crippen molar-refractivity contribution in [1.82, 2.24) is 4.98 Å². The maximum absolute atomic E-state index is 13.4. The normalized spacial score (nSPS) is 11.4. The highest BCUT2D eigenvalue weighted by Crippen LogP contribution is 2.24. The molecule has 3 N–H and O–H groups in total. The molecule has 2 aromatic rings. The Balaban J connectivity index is 2.42. The molecule has 0 spiro atoms. The zero-order valence-electron chi connectivity index (χ0n) is 10.6. The number of sulfonamides is 1. The zero-order valence-corrected chi connectivity index (χ0v) is 13.0.